The standard InChI is InChI=1S/C17H14ClN3O/c1-12-14(11-19-16-10-6-5-9-15(16)18)17(22)21(20-12)13-7-3-2-4-8-13/h2-11,19-20H,1H2/b14-11-. The van der Waals surface area contributed by atoms with Crippen LogP contribution in [0.5, 0.6) is 0 Å². The van der Waals surface area contributed by atoms with Crippen molar-refractivity contribution in [1.29, 1.82) is 0 Å². The quantitative estimate of drug-likeness (QED) is 0.778. The van der Waals surface area contributed by atoms with E-state index in [4.69, 9.17) is 11.6 Å². The molecule has 0 fully saturated rings. The van der Waals surface area contributed by atoms with Crippen LogP contribution in [-0.2, 0) is 0 Å². The van der Waals surface area contributed by atoms with Gasteiger partial charge in [-0.1, -0.05) is 48.5 Å². The highest BCUT2D eigenvalue weighted by Crippen LogP contribution is 2.19. The molecule has 1 heterocycles. The maximum Gasteiger partial charge on any atom is 0.280 e. The fraction of sp³-hybridized carbons (Fsp3) is 0. The number of para-hydroxylation sites is 2. The Hall–Kier alpha value is -2.72. The second kappa shape index (κ2) is 5.95. The van der Waals surface area contributed by atoms with Crippen LogP contribution in [0.4, 0.5) is 5.69 Å². The number of hydrogen-bond donors (Lipinski definition) is 2. The number of aromatic amines is 1. The molecule has 0 spiro atoms. The summed E-state index contributed by atoms with van der Waals surface area (Å²) in [4.78, 5) is 12.5. The second-order valence-corrected chi connectivity index (χ2v) is 5.16. The Labute approximate surface area is 132 Å². The normalized spacial score (nSPS) is 11.6. The number of halogens is 1. The lowest BCUT2D eigenvalue weighted by atomic mass is 10.3. The van der Waals surface area contributed by atoms with E-state index in [0.717, 1.165) is 11.4 Å². The first kappa shape index (κ1) is 14.2. The molecule has 0 aliphatic heterocycles. The van der Waals surface area contributed by atoms with Gasteiger partial charge in [0.1, 0.15) is 0 Å². The highest BCUT2D eigenvalue weighted by atomic mass is 35.5. The van der Waals surface area contributed by atoms with Crippen LogP contribution in [0.2, 0.25) is 5.02 Å². The third-order valence-electron chi connectivity index (χ3n) is 3.27. The summed E-state index contributed by atoms with van der Waals surface area (Å²) in [6.07, 6.45) is 1.61. The highest BCUT2D eigenvalue weighted by molar-refractivity contribution is 6.33. The number of aromatic nitrogens is 2. The Bertz CT molecular complexity index is 958. The number of H-pyrrole nitrogens is 1. The first-order chi connectivity index (χ1) is 10.7. The predicted molar refractivity (Wildman–Crippen MR) is 90.7 cm³/mol. The minimum atomic E-state index is -0.171. The van der Waals surface area contributed by atoms with E-state index in [1.165, 1.54) is 4.68 Å². The third kappa shape index (κ3) is 2.69. The van der Waals surface area contributed by atoms with Gasteiger partial charge >= 0.3 is 0 Å². The van der Waals surface area contributed by atoms with Gasteiger partial charge in [-0.25, -0.2) is 4.68 Å². The molecule has 3 rings (SSSR count). The van der Waals surface area contributed by atoms with E-state index < -0.39 is 0 Å². The molecule has 0 unspecified atom stereocenters. The molecule has 0 aliphatic rings. The van der Waals surface area contributed by atoms with Crippen LogP contribution in [0.3, 0.4) is 0 Å². The molecule has 0 radical (unpaired) electrons. The first-order valence-electron chi connectivity index (χ1n) is 6.73. The summed E-state index contributed by atoms with van der Waals surface area (Å²) in [5.74, 6) is 0. The van der Waals surface area contributed by atoms with E-state index in [9.17, 15) is 4.79 Å². The van der Waals surface area contributed by atoms with Crippen LogP contribution in [0.25, 0.3) is 18.5 Å². The Kier molecular flexibility index (Phi) is 3.85. The number of benzene rings is 2. The van der Waals surface area contributed by atoms with Crippen LogP contribution in [0.1, 0.15) is 0 Å². The Morgan fingerprint density at radius 2 is 1.77 bits per heavy atom. The van der Waals surface area contributed by atoms with Gasteiger partial charge < -0.3 is 5.32 Å². The van der Waals surface area contributed by atoms with Crippen LogP contribution >= 0.6 is 11.6 Å². The fourth-order valence-electron chi connectivity index (χ4n) is 2.13. The number of nitrogens with one attached hydrogen (secondary N) is 2. The highest BCUT2D eigenvalue weighted by Gasteiger charge is 2.04. The molecule has 4 nitrogen and oxygen atoms in total. The van der Waals surface area contributed by atoms with Crippen LogP contribution in [0.15, 0.2) is 59.4 Å². The topological polar surface area (TPSA) is 49.8 Å². The van der Waals surface area contributed by atoms with E-state index in [1.54, 1.807) is 12.3 Å². The van der Waals surface area contributed by atoms with Crippen LogP contribution in [-0.4, -0.2) is 9.78 Å². The average Bonchev–Trinajstić information content (AvgIpc) is 2.82. The summed E-state index contributed by atoms with van der Waals surface area (Å²) < 4.78 is 1.46. The monoisotopic (exact) mass is 311 g/mol. The Morgan fingerprint density at radius 3 is 2.50 bits per heavy atom. The van der Waals surface area contributed by atoms with Gasteiger partial charge in [-0.3, -0.25) is 9.89 Å². The lowest BCUT2D eigenvalue weighted by molar-refractivity contribution is 0.838. The molecule has 5 heteroatoms. The zero-order valence-corrected chi connectivity index (χ0v) is 12.5. The van der Waals surface area contributed by atoms with Crippen molar-refractivity contribution >= 4 is 30.1 Å². The van der Waals surface area contributed by atoms with Crippen molar-refractivity contribution in [3.63, 3.8) is 0 Å². The molecule has 110 valence electrons. The van der Waals surface area contributed by atoms with Gasteiger partial charge in [0.2, 0.25) is 0 Å². The SMILES string of the molecule is C=c1[nH]n(-c2ccccc2)c(=O)/c1=C\Nc1ccccc1Cl. The Balaban J connectivity index is 2.04. The number of hydrogen-bond acceptors (Lipinski definition) is 2. The van der Waals surface area contributed by atoms with Crippen LogP contribution in [0, 0.1) is 0 Å². The Morgan fingerprint density at radius 1 is 1.09 bits per heavy atom. The van der Waals surface area contributed by atoms with Gasteiger partial charge in [0, 0.05) is 6.20 Å². The minimum absolute atomic E-state index is 0.171. The molecule has 22 heavy (non-hydrogen) atoms. The van der Waals surface area contributed by atoms with Crippen molar-refractivity contribution in [3.05, 3.63) is 80.5 Å². The van der Waals surface area contributed by atoms with E-state index in [0.29, 0.717) is 15.6 Å². The van der Waals surface area contributed by atoms with Gasteiger partial charge in [0.15, 0.2) is 0 Å². The molecule has 0 atom stereocenters. The number of nitrogens with zero attached hydrogens (tertiary/aromatic N) is 1. The summed E-state index contributed by atoms with van der Waals surface area (Å²) >= 11 is 6.08. The molecule has 0 bridgehead atoms. The van der Waals surface area contributed by atoms with Gasteiger partial charge in [0.05, 0.1) is 27.0 Å². The van der Waals surface area contributed by atoms with E-state index >= 15 is 0 Å². The molecule has 0 saturated carbocycles. The number of rotatable bonds is 3. The molecule has 2 N–H and O–H groups in total. The van der Waals surface area contributed by atoms with Crippen molar-refractivity contribution in [2.24, 2.45) is 0 Å². The first-order valence-corrected chi connectivity index (χ1v) is 7.11. The van der Waals surface area contributed by atoms with E-state index in [2.05, 4.69) is 17.0 Å². The van der Waals surface area contributed by atoms with Crippen molar-refractivity contribution in [1.82, 2.24) is 9.78 Å². The summed E-state index contributed by atoms with van der Waals surface area (Å²) in [6.45, 7) is 3.88. The zero-order valence-electron chi connectivity index (χ0n) is 11.7. The van der Waals surface area contributed by atoms with Crippen molar-refractivity contribution in [2.45, 2.75) is 0 Å². The van der Waals surface area contributed by atoms with Gasteiger partial charge in [-0.05, 0) is 24.3 Å². The number of anilines is 1. The zero-order chi connectivity index (χ0) is 15.5. The summed E-state index contributed by atoms with van der Waals surface area (Å²) in [5.41, 5.74) is 1.32. The molecular weight excluding hydrogens is 298 g/mol. The van der Waals surface area contributed by atoms with Gasteiger partial charge in [0.25, 0.3) is 5.56 Å². The minimum Gasteiger partial charge on any atom is -0.360 e. The smallest absolute Gasteiger partial charge is 0.280 e. The molecule has 2 aromatic carbocycles. The summed E-state index contributed by atoms with van der Waals surface area (Å²) in [7, 11) is 0. The fourth-order valence-corrected chi connectivity index (χ4v) is 2.32. The molecule has 1 aromatic heterocycles. The van der Waals surface area contributed by atoms with Gasteiger partial charge in [-0.2, -0.15) is 0 Å². The lowest BCUT2D eigenvalue weighted by Crippen LogP contribution is -2.34. The molecule has 3 aromatic rings. The predicted octanol–water partition coefficient (Wildman–Crippen LogP) is 2.08. The van der Waals surface area contributed by atoms with Crippen molar-refractivity contribution in [3.8, 4) is 5.69 Å². The second-order valence-electron chi connectivity index (χ2n) is 4.75. The molecule has 0 saturated heterocycles. The third-order valence-corrected chi connectivity index (χ3v) is 3.60. The van der Waals surface area contributed by atoms with E-state index in [1.807, 2.05) is 48.5 Å². The van der Waals surface area contributed by atoms with E-state index in [-0.39, 0.29) is 5.56 Å². The molecule has 0 amide bonds. The summed E-state index contributed by atoms with van der Waals surface area (Å²) in [5, 5.41) is 7.60. The molecular formula is C17H14ClN3O. The summed E-state index contributed by atoms with van der Waals surface area (Å²) in [6, 6.07) is 16.7. The van der Waals surface area contributed by atoms with Crippen LogP contribution < -0.4 is 21.4 Å². The largest absolute Gasteiger partial charge is 0.360 e. The lowest BCUT2D eigenvalue weighted by Gasteiger charge is -2.01. The molecule has 0 aliphatic carbocycles. The average molecular weight is 312 g/mol. The van der Waals surface area contributed by atoms with Gasteiger partial charge in [-0.15, -0.1) is 0 Å². The maximum absolute atomic E-state index is 12.5. The maximum atomic E-state index is 12.5. The van der Waals surface area contributed by atoms with Crippen molar-refractivity contribution < 1.29 is 0 Å². The van der Waals surface area contributed by atoms with Crippen molar-refractivity contribution in [2.75, 3.05) is 5.32 Å².